The topological polar surface area (TPSA) is 38.1 Å². The Labute approximate surface area is 103 Å². The molecule has 2 rings (SSSR count). The fourth-order valence-electron chi connectivity index (χ4n) is 1.36. The van der Waals surface area contributed by atoms with E-state index < -0.39 is 0 Å². The number of halogens is 2. The highest BCUT2D eigenvalue weighted by molar-refractivity contribution is 6.36. The van der Waals surface area contributed by atoms with E-state index in [1.807, 2.05) is 13.1 Å². The average Bonchev–Trinajstić information content (AvgIpc) is 2.67. The van der Waals surface area contributed by atoms with E-state index in [0.717, 1.165) is 5.56 Å². The molecule has 0 unspecified atom stereocenters. The fourth-order valence-corrected chi connectivity index (χ4v) is 1.86. The molecule has 3 nitrogen and oxygen atoms in total. The highest BCUT2D eigenvalue weighted by Gasteiger charge is 2.09. The lowest BCUT2D eigenvalue weighted by Crippen LogP contribution is -2.04. The molecule has 2 aromatic rings. The molecule has 84 valence electrons. The normalized spacial score (nSPS) is 10.7. The van der Waals surface area contributed by atoms with Gasteiger partial charge in [0.1, 0.15) is 0 Å². The predicted molar refractivity (Wildman–Crippen MR) is 64.7 cm³/mol. The molecule has 0 fully saturated rings. The quantitative estimate of drug-likeness (QED) is 0.916. The first-order chi connectivity index (χ1) is 7.70. The van der Waals surface area contributed by atoms with E-state index in [4.69, 9.17) is 27.6 Å². The summed E-state index contributed by atoms with van der Waals surface area (Å²) in [7, 11) is 1.83. The average molecular weight is 257 g/mol. The third-order valence-corrected chi connectivity index (χ3v) is 2.63. The molecule has 0 spiro atoms. The number of benzene rings is 1. The number of nitrogens with one attached hydrogen (secondary N) is 1. The maximum Gasteiger partial charge on any atom is 0.208 e. The Bertz CT molecular complexity index is 496. The molecule has 0 radical (unpaired) electrons. The molecule has 0 saturated carbocycles. The zero-order valence-corrected chi connectivity index (χ0v) is 10.1. The molecule has 16 heavy (non-hydrogen) atoms. The molecule has 5 heteroatoms. The maximum atomic E-state index is 6.06. The highest BCUT2D eigenvalue weighted by Crippen LogP contribution is 2.30. The Hall–Kier alpha value is -1.03. The van der Waals surface area contributed by atoms with Crippen LogP contribution >= 0.6 is 23.2 Å². The molecule has 0 aliphatic heterocycles. The number of aromatic nitrogens is 1. The molecule has 1 aromatic carbocycles. The van der Waals surface area contributed by atoms with E-state index in [-0.39, 0.29) is 0 Å². The van der Waals surface area contributed by atoms with Gasteiger partial charge in [-0.3, -0.25) is 0 Å². The SMILES string of the molecule is CNCc1ncc(-c2ccc(Cl)cc2Cl)o1. The lowest BCUT2D eigenvalue weighted by Gasteiger charge is -2.00. The Morgan fingerprint density at radius 2 is 2.19 bits per heavy atom. The van der Waals surface area contributed by atoms with Crippen molar-refractivity contribution in [3.63, 3.8) is 0 Å². The lowest BCUT2D eigenvalue weighted by molar-refractivity contribution is 0.491. The van der Waals surface area contributed by atoms with E-state index in [1.165, 1.54) is 0 Å². The van der Waals surface area contributed by atoms with E-state index in [2.05, 4.69) is 10.3 Å². The van der Waals surface area contributed by atoms with Crippen LogP contribution in [0.15, 0.2) is 28.8 Å². The molecule has 0 saturated heterocycles. The molecule has 0 amide bonds. The number of oxazole rings is 1. The summed E-state index contributed by atoms with van der Waals surface area (Å²) in [5.41, 5.74) is 0.793. The van der Waals surface area contributed by atoms with Crippen LogP contribution in [0.5, 0.6) is 0 Å². The fraction of sp³-hybridized carbons (Fsp3) is 0.182. The number of hydrogen-bond donors (Lipinski definition) is 1. The van der Waals surface area contributed by atoms with E-state index in [9.17, 15) is 0 Å². The predicted octanol–water partition coefficient (Wildman–Crippen LogP) is 3.37. The number of hydrogen-bond acceptors (Lipinski definition) is 3. The van der Waals surface area contributed by atoms with Gasteiger partial charge in [0, 0.05) is 10.6 Å². The minimum absolute atomic E-state index is 0.555. The van der Waals surface area contributed by atoms with Crippen molar-refractivity contribution in [2.75, 3.05) is 7.05 Å². The number of rotatable bonds is 3. The van der Waals surface area contributed by atoms with Gasteiger partial charge in [-0.15, -0.1) is 0 Å². The van der Waals surface area contributed by atoms with Crippen LogP contribution in [-0.4, -0.2) is 12.0 Å². The van der Waals surface area contributed by atoms with Gasteiger partial charge < -0.3 is 9.73 Å². The van der Waals surface area contributed by atoms with Gasteiger partial charge in [0.15, 0.2) is 5.76 Å². The van der Waals surface area contributed by atoms with Crippen molar-refractivity contribution in [2.45, 2.75) is 6.54 Å². The summed E-state index contributed by atoms with van der Waals surface area (Å²) in [5, 5.41) is 4.12. The van der Waals surface area contributed by atoms with Gasteiger partial charge in [0.25, 0.3) is 0 Å². The van der Waals surface area contributed by atoms with Crippen LogP contribution in [-0.2, 0) is 6.54 Å². The summed E-state index contributed by atoms with van der Waals surface area (Å²) in [5.74, 6) is 1.27. The maximum absolute atomic E-state index is 6.06. The van der Waals surface area contributed by atoms with Gasteiger partial charge in [-0.25, -0.2) is 4.98 Å². The summed E-state index contributed by atoms with van der Waals surface area (Å²) in [6.45, 7) is 0.589. The van der Waals surface area contributed by atoms with Crippen molar-refractivity contribution in [3.05, 3.63) is 40.3 Å². The molecule has 1 heterocycles. The van der Waals surface area contributed by atoms with Crippen LogP contribution in [0, 0.1) is 0 Å². The third kappa shape index (κ3) is 2.38. The van der Waals surface area contributed by atoms with Gasteiger partial charge in [-0.2, -0.15) is 0 Å². The summed E-state index contributed by atoms with van der Waals surface area (Å²) in [4.78, 5) is 4.13. The van der Waals surface area contributed by atoms with Crippen LogP contribution in [0.3, 0.4) is 0 Å². The van der Waals surface area contributed by atoms with Crippen molar-refractivity contribution in [2.24, 2.45) is 0 Å². The van der Waals surface area contributed by atoms with Gasteiger partial charge in [0.05, 0.1) is 17.8 Å². The van der Waals surface area contributed by atoms with Gasteiger partial charge in [0.2, 0.25) is 5.89 Å². The molecular formula is C11H10Cl2N2O. The first-order valence-electron chi connectivity index (χ1n) is 4.75. The van der Waals surface area contributed by atoms with Crippen molar-refractivity contribution >= 4 is 23.2 Å². The summed E-state index contributed by atoms with van der Waals surface area (Å²) >= 11 is 11.9. The van der Waals surface area contributed by atoms with Crippen LogP contribution in [0.1, 0.15) is 5.89 Å². The Balaban J connectivity index is 2.35. The molecule has 0 aliphatic carbocycles. The molecular weight excluding hydrogens is 247 g/mol. The number of nitrogens with zero attached hydrogens (tertiary/aromatic N) is 1. The molecule has 0 bridgehead atoms. The van der Waals surface area contributed by atoms with Crippen LogP contribution < -0.4 is 5.32 Å². The molecule has 0 atom stereocenters. The van der Waals surface area contributed by atoms with Gasteiger partial charge in [-0.1, -0.05) is 23.2 Å². The Morgan fingerprint density at radius 1 is 1.38 bits per heavy atom. The van der Waals surface area contributed by atoms with Gasteiger partial charge >= 0.3 is 0 Å². The Kier molecular flexibility index (Phi) is 3.49. The van der Waals surface area contributed by atoms with Crippen LogP contribution in [0.4, 0.5) is 0 Å². The van der Waals surface area contributed by atoms with Crippen molar-refractivity contribution in [1.82, 2.24) is 10.3 Å². The Morgan fingerprint density at radius 3 is 2.88 bits per heavy atom. The van der Waals surface area contributed by atoms with Crippen LogP contribution in [0.2, 0.25) is 10.0 Å². The molecule has 1 N–H and O–H groups in total. The monoisotopic (exact) mass is 256 g/mol. The minimum atomic E-state index is 0.555. The largest absolute Gasteiger partial charge is 0.439 e. The van der Waals surface area contributed by atoms with Crippen LogP contribution in [0.25, 0.3) is 11.3 Å². The van der Waals surface area contributed by atoms with E-state index >= 15 is 0 Å². The zero-order valence-electron chi connectivity index (χ0n) is 8.63. The molecule has 0 aliphatic rings. The second kappa shape index (κ2) is 4.87. The summed E-state index contributed by atoms with van der Waals surface area (Å²) < 4.78 is 5.53. The van der Waals surface area contributed by atoms with E-state index in [1.54, 1.807) is 18.3 Å². The zero-order chi connectivity index (χ0) is 11.5. The highest BCUT2D eigenvalue weighted by atomic mass is 35.5. The molecule has 1 aromatic heterocycles. The lowest BCUT2D eigenvalue weighted by atomic mass is 10.2. The first-order valence-corrected chi connectivity index (χ1v) is 5.51. The first kappa shape index (κ1) is 11.5. The van der Waals surface area contributed by atoms with Crippen molar-refractivity contribution < 1.29 is 4.42 Å². The second-order valence-electron chi connectivity index (χ2n) is 3.27. The summed E-state index contributed by atoms with van der Waals surface area (Å²) in [6, 6.07) is 5.26. The third-order valence-electron chi connectivity index (χ3n) is 2.08. The second-order valence-corrected chi connectivity index (χ2v) is 4.12. The van der Waals surface area contributed by atoms with Gasteiger partial charge in [-0.05, 0) is 25.2 Å². The van der Waals surface area contributed by atoms with Crippen molar-refractivity contribution in [1.29, 1.82) is 0 Å². The van der Waals surface area contributed by atoms with E-state index in [0.29, 0.717) is 28.2 Å². The van der Waals surface area contributed by atoms with Crippen molar-refractivity contribution in [3.8, 4) is 11.3 Å². The summed E-state index contributed by atoms with van der Waals surface area (Å²) in [6.07, 6.45) is 1.65. The smallest absolute Gasteiger partial charge is 0.208 e. The minimum Gasteiger partial charge on any atom is -0.439 e. The standard InChI is InChI=1S/C11H10Cl2N2O/c1-14-6-11-15-5-10(16-11)8-3-2-7(12)4-9(8)13/h2-5,14H,6H2,1H3.